The van der Waals surface area contributed by atoms with Crippen LogP contribution in [0.15, 0.2) is 48.5 Å². The van der Waals surface area contributed by atoms with Gasteiger partial charge in [0.15, 0.2) is 0 Å². The first kappa shape index (κ1) is 25.8. The maximum atomic E-state index is 13.3. The number of likely N-dealkylation sites (tertiary alicyclic amines) is 1. The first-order chi connectivity index (χ1) is 17.4. The third kappa shape index (κ3) is 6.10. The Labute approximate surface area is 211 Å². The Hall–Kier alpha value is -3.27. The Kier molecular flexibility index (Phi) is 8.35. The van der Waals surface area contributed by atoms with E-state index in [2.05, 4.69) is 10.6 Å². The molecule has 1 heterocycles. The van der Waals surface area contributed by atoms with Crippen molar-refractivity contribution in [1.82, 2.24) is 10.2 Å². The smallest absolute Gasteiger partial charge is 0.250 e. The van der Waals surface area contributed by atoms with Crippen LogP contribution in [0.3, 0.4) is 0 Å². The van der Waals surface area contributed by atoms with Gasteiger partial charge in [-0.15, -0.1) is 0 Å². The number of hydrogen-bond acceptors (Lipinski definition) is 6. The number of nitrogens with one attached hydrogen (secondary N) is 2. The highest BCUT2D eigenvalue weighted by Gasteiger charge is 2.42. The van der Waals surface area contributed by atoms with Crippen molar-refractivity contribution in [2.45, 2.75) is 62.8 Å². The van der Waals surface area contributed by atoms with E-state index in [1.807, 2.05) is 48.5 Å². The molecule has 1 aliphatic carbocycles. The molecule has 0 bridgehead atoms. The van der Waals surface area contributed by atoms with Crippen LogP contribution in [0.4, 0.5) is 5.69 Å². The Morgan fingerprint density at radius 3 is 2.58 bits per heavy atom. The zero-order valence-electron chi connectivity index (χ0n) is 20.4. The second kappa shape index (κ2) is 11.6. The maximum absolute atomic E-state index is 13.3. The van der Waals surface area contributed by atoms with Crippen LogP contribution in [-0.4, -0.2) is 65.0 Å². The fraction of sp³-hybridized carbons (Fsp3) is 0.444. The summed E-state index contributed by atoms with van der Waals surface area (Å²) in [6.07, 6.45) is 3.08. The Bertz CT molecular complexity index is 1090. The standard InChI is InChI=1S/C27H35N5O4/c28-15-24(33)26(35)31-21-14-23(25(34)30-20-11-10-18-7-4-8-19(18)13-20)32(16-21)27(36)22(29)12-9-17-5-2-1-3-6-17/h1-3,5-6,10-11,13,21-24,33H,4,7-9,12,14-16,28-29H2,(H,30,34)(H,31,35)/t21-,22+,23+,24+/m1/s1. The van der Waals surface area contributed by atoms with Crippen molar-refractivity contribution in [2.24, 2.45) is 11.5 Å². The lowest BCUT2D eigenvalue weighted by Gasteiger charge is -2.26. The molecule has 0 saturated carbocycles. The minimum absolute atomic E-state index is 0.128. The summed E-state index contributed by atoms with van der Waals surface area (Å²) in [5.41, 5.74) is 16.0. The van der Waals surface area contributed by atoms with Crippen LogP contribution in [-0.2, 0) is 33.6 Å². The van der Waals surface area contributed by atoms with E-state index in [-0.39, 0.29) is 31.3 Å². The van der Waals surface area contributed by atoms with Gasteiger partial charge in [0.05, 0.1) is 6.04 Å². The second-order valence-electron chi connectivity index (χ2n) is 9.66. The molecule has 192 valence electrons. The van der Waals surface area contributed by atoms with E-state index < -0.39 is 30.1 Å². The van der Waals surface area contributed by atoms with Gasteiger partial charge in [0.1, 0.15) is 12.1 Å². The first-order valence-corrected chi connectivity index (χ1v) is 12.6. The molecule has 2 aromatic carbocycles. The number of hydrogen-bond donors (Lipinski definition) is 5. The van der Waals surface area contributed by atoms with Gasteiger partial charge in [-0.1, -0.05) is 36.4 Å². The van der Waals surface area contributed by atoms with E-state index in [0.717, 1.165) is 24.8 Å². The van der Waals surface area contributed by atoms with Gasteiger partial charge in [0, 0.05) is 24.8 Å². The zero-order chi connectivity index (χ0) is 25.7. The average molecular weight is 494 g/mol. The summed E-state index contributed by atoms with van der Waals surface area (Å²) in [5.74, 6) is -1.29. The lowest BCUT2D eigenvalue weighted by molar-refractivity contribution is -0.138. The summed E-state index contributed by atoms with van der Waals surface area (Å²) in [5, 5.41) is 15.4. The van der Waals surface area contributed by atoms with Gasteiger partial charge in [-0.3, -0.25) is 14.4 Å². The third-order valence-corrected chi connectivity index (χ3v) is 7.03. The summed E-state index contributed by atoms with van der Waals surface area (Å²) >= 11 is 0. The molecule has 0 unspecified atom stereocenters. The number of rotatable bonds is 9. The molecule has 7 N–H and O–H groups in total. The monoisotopic (exact) mass is 493 g/mol. The van der Waals surface area contributed by atoms with Gasteiger partial charge >= 0.3 is 0 Å². The summed E-state index contributed by atoms with van der Waals surface area (Å²) in [6, 6.07) is 13.6. The second-order valence-corrected chi connectivity index (χ2v) is 9.66. The number of carbonyl (C=O) groups is 3. The Morgan fingerprint density at radius 2 is 1.83 bits per heavy atom. The highest BCUT2D eigenvalue weighted by molar-refractivity contribution is 5.98. The predicted octanol–water partition coefficient (Wildman–Crippen LogP) is 0.479. The molecular weight excluding hydrogens is 458 g/mol. The molecule has 2 aliphatic rings. The van der Waals surface area contributed by atoms with E-state index in [0.29, 0.717) is 18.5 Å². The quantitative estimate of drug-likeness (QED) is 0.343. The topological polar surface area (TPSA) is 151 Å². The van der Waals surface area contributed by atoms with Crippen molar-refractivity contribution in [3.63, 3.8) is 0 Å². The number of anilines is 1. The minimum atomic E-state index is -1.35. The van der Waals surface area contributed by atoms with Gasteiger partial charge in [0.2, 0.25) is 17.7 Å². The summed E-state index contributed by atoms with van der Waals surface area (Å²) < 4.78 is 0. The molecule has 0 spiro atoms. The van der Waals surface area contributed by atoms with E-state index >= 15 is 0 Å². The van der Waals surface area contributed by atoms with Crippen molar-refractivity contribution in [1.29, 1.82) is 0 Å². The van der Waals surface area contributed by atoms with Crippen LogP contribution in [0.2, 0.25) is 0 Å². The number of nitrogens with zero attached hydrogens (tertiary/aromatic N) is 1. The normalized spacial score (nSPS) is 20.5. The molecule has 9 nitrogen and oxygen atoms in total. The molecule has 0 aromatic heterocycles. The lowest BCUT2D eigenvalue weighted by atomic mass is 10.0. The van der Waals surface area contributed by atoms with Crippen LogP contribution in [0.25, 0.3) is 0 Å². The molecule has 0 radical (unpaired) electrons. The molecule has 4 atom stereocenters. The van der Waals surface area contributed by atoms with Gasteiger partial charge in [-0.2, -0.15) is 0 Å². The molecule has 4 rings (SSSR count). The van der Waals surface area contributed by atoms with E-state index in [1.165, 1.54) is 16.0 Å². The molecule has 1 saturated heterocycles. The van der Waals surface area contributed by atoms with E-state index in [9.17, 15) is 19.5 Å². The highest BCUT2D eigenvalue weighted by atomic mass is 16.3. The number of aryl methyl sites for hydroxylation is 3. The average Bonchev–Trinajstić information content (AvgIpc) is 3.53. The minimum Gasteiger partial charge on any atom is -0.382 e. The van der Waals surface area contributed by atoms with Gasteiger partial charge in [-0.05, 0) is 67.3 Å². The molecular formula is C27H35N5O4. The fourth-order valence-corrected chi connectivity index (χ4v) is 5.02. The summed E-state index contributed by atoms with van der Waals surface area (Å²) in [4.78, 5) is 40.3. The third-order valence-electron chi connectivity index (χ3n) is 7.03. The number of fused-ring (bicyclic) bond motifs is 1. The van der Waals surface area contributed by atoms with Crippen LogP contribution in [0.5, 0.6) is 0 Å². The largest absolute Gasteiger partial charge is 0.382 e. The van der Waals surface area contributed by atoms with Gasteiger partial charge < -0.3 is 32.1 Å². The Balaban J connectivity index is 1.46. The van der Waals surface area contributed by atoms with E-state index in [1.54, 1.807) is 0 Å². The van der Waals surface area contributed by atoms with Crippen LogP contribution < -0.4 is 22.1 Å². The first-order valence-electron chi connectivity index (χ1n) is 12.6. The maximum Gasteiger partial charge on any atom is 0.250 e. The van der Waals surface area contributed by atoms with Crippen LogP contribution >= 0.6 is 0 Å². The van der Waals surface area contributed by atoms with E-state index in [4.69, 9.17) is 11.5 Å². The molecule has 3 amide bonds. The summed E-state index contributed by atoms with van der Waals surface area (Å²) in [6.45, 7) is -0.0863. The molecule has 2 aromatic rings. The van der Waals surface area contributed by atoms with Crippen molar-refractivity contribution in [2.75, 3.05) is 18.4 Å². The van der Waals surface area contributed by atoms with Crippen molar-refractivity contribution < 1.29 is 19.5 Å². The SMILES string of the molecule is NC[C@H](O)C(=O)N[C@@H]1C[C@@H](C(=O)Nc2ccc3c(c2)CCC3)N(C(=O)[C@@H](N)CCc2ccccc2)C1. The molecule has 1 fully saturated rings. The number of aliphatic hydroxyl groups excluding tert-OH is 1. The number of benzene rings is 2. The van der Waals surface area contributed by atoms with Crippen molar-refractivity contribution in [3.05, 3.63) is 65.2 Å². The number of aliphatic hydroxyl groups is 1. The van der Waals surface area contributed by atoms with Gasteiger partial charge in [-0.25, -0.2) is 0 Å². The molecule has 36 heavy (non-hydrogen) atoms. The lowest BCUT2D eigenvalue weighted by Crippen LogP contribution is -2.50. The summed E-state index contributed by atoms with van der Waals surface area (Å²) in [7, 11) is 0. The van der Waals surface area contributed by atoms with Crippen LogP contribution in [0, 0.1) is 0 Å². The highest BCUT2D eigenvalue weighted by Crippen LogP contribution is 2.26. The number of amides is 3. The van der Waals surface area contributed by atoms with Crippen LogP contribution in [0.1, 0.15) is 36.0 Å². The Morgan fingerprint density at radius 1 is 1.08 bits per heavy atom. The fourth-order valence-electron chi connectivity index (χ4n) is 5.02. The number of nitrogens with two attached hydrogens (primary N) is 2. The number of carbonyl (C=O) groups excluding carboxylic acids is 3. The zero-order valence-corrected chi connectivity index (χ0v) is 20.4. The van der Waals surface area contributed by atoms with Gasteiger partial charge in [0.25, 0.3) is 0 Å². The van der Waals surface area contributed by atoms with Crippen molar-refractivity contribution in [3.8, 4) is 0 Å². The molecule has 9 heteroatoms. The van der Waals surface area contributed by atoms with Crippen molar-refractivity contribution >= 4 is 23.4 Å². The molecule has 1 aliphatic heterocycles. The predicted molar refractivity (Wildman–Crippen MR) is 137 cm³/mol.